The predicted molar refractivity (Wildman–Crippen MR) is 56.7 cm³/mol. The van der Waals surface area contributed by atoms with E-state index in [4.69, 9.17) is 0 Å². The Morgan fingerprint density at radius 2 is 2.00 bits per heavy atom. The molecule has 1 aromatic rings. The van der Waals surface area contributed by atoms with Crippen LogP contribution in [-0.2, 0) is 9.78 Å². The van der Waals surface area contributed by atoms with Crippen molar-refractivity contribution in [2.24, 2.45) is 0 Å². The summed E-state index contributed by atoms with van der Waals surface area (Å²) in [6.45, 7) is 1.85. The van der Waals surface area contributed by atoms with E-state index in [9.17, 15) is 15.6 Å². The lowest BCUT2D eigenvalue weighted by atomic mass is 10.2. The van der Waals surface area contributed by atoms with Crippen molar-refractivity contribution in [1.82, 2.24) is 0 Å². The van der Waals surface area contributed by atoms with E-state index >= 15 is 0 Å². The molecule has 8 heteroatoms. The summed E-state index contributed by atoms with van der Waals surface area (Å²) in [7, 11) is 0. The van der Waals surface area contributed by atoms with Crippen molar-refractivity contribution in [2.45, 2.75) is 6.92 Å². The molecule has 1 heterocycles. The summed E-state index contributed by atoms with van der Waals surface area (Å²) < 4.78 is 0. The van der Waals surface area contributed by atoms with Crippen molar-refractivity contribution in [2.75, 3.05) is 22.3 Å². The van der Waals surface area contributed by atoms with Crippen LogP contribution in [0.5, 0.6) is 0 Å². The third kappa shape index (κ3) is 1.75. The number of hydrogen-bond donors (Lipinski definition) is 0. The number of fused-ring (bicyclic) bond motifs is 1. The molecule has 0 saturated heterocycles. The normalized spacial score (nSPS) is 14.2. The average Bonchev–Trinajstić information content (AvgIpc) is 2.55. The quantitative estimate of drug-likeness (QED) is 0.713. The molecular formula is C8H8N3O5-3. The van der Waals surface area contributed by atoms with Gasteiger partial charge in [-0.3, -0.25) is 15.3 Å². The van der Waals surface area contributed by atoms with Crippen LogP contribution >= 0.6 is 0 Å². The van der Waals surface area contributed by atoms with Crippen LogP contribution < -0.4 is 15.7 Å². The molecule has 0 bridgehead atoms. The van der Waals surface area contributed by atoms with Crippen molar-refractivity contribution in [3.63, 3.8) is 0 Å². The van der Waals surface area contributed by atoms with Crippen molar-refractivity contribution >= 4 is 17.1 Å². The Hall–Kier alpha value is -1.58. The molecule has 1 aliphatic rings. The number of nitrogens with zero attached hydrogens (tertiary/aromatic N) is 3. The molecule has 0 unspecified atom stereocenters. The minimum atomic E-state index is -0.0342. The van der Waals surface area contributed by atoms with E-state index in [1.807, 2.05) is 0 Å². The molecule has 16 heavy (non-hydrogen) atoms. The van der Waals surface area contributed by atoms with Gasteiger partial charge < -0.3 is 20.8 Å². The molecule has 8 nitrogen and oxygen atoms in total. The van der Waals surface area contributed by atoms with E-state index in [0.717, 1.165) is 0 Å². The first kappa shape index (κ1) is 10.9. The summed E-state index contributed by atoms with van der Waals surface area (Å²) in [5.74, 6) is 0. The zero-order valence-corrected chi connectivity index (χ0v) is 8.32. The molecule has 1 aromatic carbocycles. The molecule has 2 rings (SSSR count). The van der Waals surface area contributed by atoms with E-state index in [0.29, 0.717) is 0 Å². The fourth-order valence-electron chi connectivity index (χ4n) is 1.27. The smallest absolute Gasteiger partial charge is 0.0805 e. The van der Waals surface area contributed by atoms with Crippen molar-refractivity contribution < 1.29 is 9.78 Å². The van der Waals surface area contributed by atoms with Crippen LogP contribution in [-0.4, -0.2) is 6.61 Å². The van der Waals surface area contributed by atoms with Crippen molar-refractivity contribution in [3.05, 3.63) is 33.8 Å². The Morgan fingerprint density at radius 3 is 2.69 bits per heavy atom. The van der Waals surface area contributed by atoms with Gasteiger partial charge in [0, 0.05) is 0 Å². The van der Waals surface area contributed by atoms with Gasteiger partial charge >= 0.3 is 0 Å². The van der Waals surface area contributed by atoms with Gasteiger partial charge in [-0.2, -0.15) is 4.94 Å². The maximum atomic E-state index is 11.3. The fourth-order valence-corrected chi connectivity index (χ4v) is 1.27. The molecule has 0 aromatic heterocycles. The largest absolute Gasteiger partial charge is 0.733 e. The summed E-state index contributed by atoms with van der Waals surface area (Å²) in [6, 6.07) is 3.87. The zero-order valence-electron chi connectivity index (χ0n) is 8.32. The first-order chi connectivity index (χ1) is 7.63. The van der Waals surface area contributed by atoms with E-state index in [2.05, 4.69) is 9.78 Å². The molecule has 88 valence electrons. The number of rotatable bonds is 3. The Balaban J connectivity index is 2.29. The lowest BCUT2D eigenvalue weighted by Gasteiger charge is -2.29. The predicted octanol–water partition coefficient (Wildman–Crippen LogP) is 1.41. The summed E-state index contributed by atoms with van der Waals surface area (Å²) in [6.07, 6.45) is 0. The molecule has 0 radical (unpaired) electrons. The Kier molecular flexibility index (Phi) is 2.81. The number of benzene rings is 1. The molecule has 0 aliphatic carbocycles. The van der Waals surface area contributed by atoms with Crippen molar-refractivity contribution in [3.8, 4) is 0 Å². The molecule has 0 saturated carbocycles. The van der Waals surface area contributed by atoms with Crippen LogP contribution in [0.25, 0.3) is 0 Å². The molecule has 0 fully saturated rings. The van der Waals surface area contributed by atoms with Crippen LogP contribution in [0.15, 0.2) is 18.2 Å². The van der Waals surface area contributed by atoms with Crippen LogP contribution in [0.3, 0.4) is 0 Å². The lowest BCUT2D eigenvalue weighted by Crippen LogP contribution is -2.17. The second kappa shape index (κ2) is 4.12. The average molecular weight is 226 g/mol. The SMILES string of the molecule is CCON([O-])c1ccc2c(c1)N([O-])ON2[O-]. The van der Waals surface area contributed by atoms with Gasteiger partial charge in [-0.1, -0.05) is 0 Å². The van der Waals surface area contributed by atoms with Gasteiger partial charge in [0.1, 0.15) is 0 Å². The van der Waals surface area contributed by atoms with Crippen LogP contribution in [0.1, 0.15) is 6.92 Å². The molecule has 0 amide bonds. The van der Waals surface area contributed by atoms with Gasteiger partial charge in [0.2, 0.25) is 0 Å². The summed E-state index contributed by atoms with van der Waals surface area (Å²) >= 11 is 0. The number of anilines is 3. The molecular weight excluding hydrogens is 218 g/mol. The Morgan fingerprint density at radius 1 is 1.31 bits per heavy atom. The van der Waals surface area contributed by atoms with E-state index in [1.54, 1.807) is 6.92 Å². The molecule has 0 atom stereocenters. The zero-order chi connectivity index (χ0) is 11.7. The highest BCUT2D eigenvalue weighted by atomic mass is 17.1. The van der Waals surface area contributed by atoms with Gasteiger partial charge in [0.05, 0.1) is 23.7 Å². The van der Waals surface area contributed by atoms with Gasteiger partial charge in [0.15, 0.2) is 0 Å². The van der Waals surface area contributed by atoms with E-state index in [-0.39, 0.29) is 39.3 Å². The maximum absolute atomic E-state index is 11.3. The highest BCUT2D eigenvalue weighted by Crippen LogP contribution is 2.38. The number of hydrogen-bond acceptors (Lipinski definition) is 8. The van der Waals surface area contributed by atoms with E-state index in [1.165, 1.54) is 18.2 Å². The fraction of sp³-hybridized carbons (Fsp3) is 0.250. The second-order valence-electron chi connectivity index (χ2n) is 2.94. The summed E-state index contributed by atoms with van der Waals surface area (Å²) in [5.41, 5.74) is 0.122. The Labute approximate surface area is 90.8 Å². The molecule has 1 aliphatic heterocycles. The van der Waals surface area contributed by atoms with Crippen molar-refractivity contribution in [1.29, 1.82) is 0 Å². The summed E-state index contributed by atoms with van der Waals surface area (Å²) in [5, 5.41) is 33.8. The topological polar surface area (TPSA) is 97.4 Å². The third-order valence-electron chi connectivity index (χ3n) is 1.96. The highest BCUT2D eigenvalue weighted by molar-refractivity contribution is 5.77. The van der Waals surface area contributed by atoms with Crippen LogP contribution in [0.4, 0.5) is 17.1 Å². The van der Waals surface area contributed by atoms with Gasteiger partial charge in [0.25, 0.3) is 0 Å². The van der Waals surface area contributed by atoms with Crippen LogP contribution in [0, 0.1) is 15.6 Å². The monoisotopic (exact) mass is 226 g/mol. The third-order valence-corrected chi connectivity index (χ3v) is 1.96. The molecule has 0 spiro atoms. The first-order valence-corrected chi connectivity index (χ1v) is 4.50. The highest BCUT2D eigenvalue weighted by Gasteiger charge is 2.16. The van der Waals surface area contributed by atoms with Gasteiger partial charge in [-0.15, -0.1) is 0 Å². The molecule has 0 N–H and O–H groups in total. The maximum Gasteiger partial charge on any atom is 0.0805 e. The Bertz CT molecular complexity index is 388. The summed E-state index contributed by atoms with van der Waals surface area (Å²) in [4.78, 5) is 8.89. The van der Waals surface area contributed by atoms with Gasteiger partial charge in [-0.05, 0) is 25.1 Å². The minimum Gasteiger partial charge on any atom is -0.733 e. The first-order valence-electron chi connectivity index (χ1n) is 4.50. The van der Waals surface area contributed by atoms with E-state index < -0.39 is 0 Å². The minimum absolute atomic E-state index is 0.0334. The lowest BCUT2D eigenvalue weighted by molar-refractivity contribution is 0.146. The standard InChI is InChI=1S/C8H8N3O5/c1-2-15-9(12)6-3-4-7-8(5-6)11(14)16-10(7)13/h3-5H,2H2,1H3/q-3. The van der Waals surface area contributed by atoms with Crippen LogP contribution in [0.2, 0.25) is 0 Å². The van der Waals surface area contributed by atoms with Gasteiger partial charge in [-0.25, -0.2) is 0 Å². The second-order valence-corrected chi connectivity index (χ2v) is 2.94.